The molecule has 0 spiro atoms. The van der Waals surface area contributed by atoms with Crippen molar-refractivity contribution in [3.63, 3.8) is 0 Å². The number of benzene rings is 2. The van der Waals surface area contributed by atoms with Gasteiger partial charge in [-0.3, -0.25) is 15.0 Å². The van der Waals surface area contributed by atoms with Crippen LogP contribution < -0.4 is 10.5 Å². The SMILES string of the molecule is CCOC(=O)CCN(C(=O)C(C)=Cc1ccc(C(=O)Oc2ccc(C(=N)N)cc2)cc1)[C@H](C)C(=O)OCC. The van der Waals surface area contributed by atoms with Crippen molar-refractivity contribution in [3.05, 3.63) is 70.8 Å². The molecule has 0 fully saturated rings. The van der Waals surface area contributed by atoms with Crippen LogP contribution in [0.25, 0.3) is 6.08 Å². The summed E-state index contributed by atoms with van der Waals surface area (Å²) < 4.78 is 15.3. The molecule has 0 aliphatic heterocycles. The molecule has 10 heteroatoms. The molecule has 0 aliphatic rings. The molecular formula is C28H33N3O7. The topological polar surface area (TPSA) is 149 Å². The minimum atomic E-state index is -0.901. The summed E-state index contributed by atoms with van der Waals surface area (Å²) in [6, 6.07) is 11.8. The third-order valence-corrected chi connectivity index (χ3v) is 5.46. The fourth-order valence-electron chi connectivity index (χ4n) is 3.43. The maximum atomic E-state index is 13.2. The molecule has 0 saturated heterocycles. The molecule has 0 aromatic heterocycles. The van der Waals surface area contributed by atoms with Gasteiger partial charge < -0.3 is 24.8 Å². The Morgan fingerprint density at radius 3 is 2.08 bits per heavy atom. The molecule has 2 aromatic rings. The highest BCUT2D eigenvalue weighted by atomic mass is 16.5. The van der Waals surface area contributed by atoms with Gasteiger partial charge in [0, 0.05) is 17.7 Å². The molecule has 0 unspecified atom stereocenters. The molecule has 0 radical (unpaired) electrons. The van der Waals surface area contributed by atoms with Crippen molar-refractivity contribution in [1.29, 1.82) is 5.41 Å². The summed E-state index contributed by atoms with van der Waals surface area (Å²) in [5, 5.41) is 7.41. The van der Waals surface area contributed by atoms with Crippen LogP contribution >= 0.6 is 0 Å². The molecule has 10 nitrogen and oxygen atoms in total. The second-order valence-electron chi connectivity index (χ2n) is 8.26. The maximum absolute atomic E-state index is 13.2. The van der Waals surface area contributed by atoms with E-state index < -0.39 is 29.9 Å². The largest absolute Gasteiger partial charge is 0.466 e. The van der Waals surface area contributed by atoms with Crippen LogP contribution in [0.2, 0.25) is 0 Å². The number of ether oxygens (including phenoxy) is 3. The fraction of sp³-hybridized carbons (Fsp3) is 0.321. The smallest absolute Gasteiger partial charge is 0.343 e. The summed E-state index contributed by atoms with van der Waals surface area (Å²) >= 11 is 0. The van der Waals surface area contributed by atoms with Crippen LogP contribution in [-0.2, 0) is 23.9 Å². The first-order chi connectivity index (χ1) is 18.1. The van der Waals surface area contributed by atoms with Crippen molar-refractivity contribution in [1.82, 2.24) is 4.90 Å². The number of rotatable bonds is 12. The first kappa shape index (κ1) is 29.8. The van der Waals surface area contributed by atoms with Gasteiger partial charge >= 0.3 is 17.9 Å². The molecule has 0 aliphatic carbocycles. The lowest BCUT2D eigenvalue weighted by molar-refractivity contribution is -0.154. The Morgan fingerprint density at radius 1 is 0.947 bits per heavy atom. The van der Waals surface area contributed by atoms with E-state index in [0.29, 0.717) is 28.0 Å². The lowest BCUT2D eigenvalue weighted by atomic mass is 10.1. The quantitative estimate of drug-likeness (QED) is 0.141. The zero-order valence-corrected chi connectivity index (χ0v) is 22.0. The third kappa shape index (κ3) is 8.58. The van der Waals surface area contributed by atoms with Gasteiger partial charge in [0.05, 0.1) is 25.2 Å². The predicted molar refractivity (Wildman–Crippen MR) is 142 cm³/mol. The van der Waals surface area contributed by atoms with Gasteiger partial charge in [0.2, 0.25) is 5.91 Å². The monoisotopic (exact) mass is 523 g/mol. The number of nitrogen functional groups attached to an aromatic ring is 1. The number of esters is 3. The second-order valence-corrected chi connectivity index (χ2v) is 8.26. The van der Waals surface area contributed by atoms with Crippen molar-refractivity contribution in [3.8, 4) is 5.75 Å². The number of carbonyl (C=O) groups excluding carboxylic acids is 4. The summed E-state index contributed by atoms with van der Waals surface area (Å²) in [7, 11) is 0. The lowest BCUT2D eigenvalue weighted by Gasteiger charge is -2.28. The lowest BCUT2D eigenvalue weighted by Crippen LogP contribution is -2.45. The summed E-state index contributed by atoms with van der Waals surface area (Å²) in [5.74, 6) is -1.83. The van der Waals surface area contributed by atoms with Gasteiger partial charge in [0.1, 0.15) is 17.6 Å². The first-order valence-corrected chi connectivity index (χ1v) is 12.2. The highest BCUT2D eigenvalue weighted by Crippen LogP contribution is 2.17. The van der Waals surface area contributed by atoms with Gasteiger partial charge in [-0.15, -0.1) is 0 Å². The van der Waals surface area contributed by atoms with Gasteiger partial charge in [-0.05, 0) is 75.7 Å². The van der Waals surface area contributed by atoms with E-state index in [1.165, 1.54) is 4.90 Å². The number of nitrogens with one attached hydrogen (secondary N) is 1. The van der Waals surface area contributed by atoms with Crippen LogP contribution in [0, 0.1) is 5.41 Å². The van der Waals surface area contributed by atoms with E-state index in [2.05, 4.69) is 0 Å². The average Bonchev–Trinajstić information content (AvgIpc) is 2.89. The summed E-state index contributed by atoms with van der Waals surface area (Å²) in [6.45, 7) is 6.87. The molecule has 1 amide bonds. The molecule has 2 aromatic carbocycles. The number of amides is 1. The third-order valence-electron chi connectivity index (χ3n) is 5.46. The van der Waals surface area contributed by atoms with E-state index in [4.69, 9.17) is 25.4 Å². The van der Waals surface area contributed by atoms with E-state index in [9.17, 15) is 19.2 Å². The predicted octanol–water partition coefficient (Wildman–Crippen LogP) is 3.33. The number of hydrogen-bond acceptors (Lipinski definition) is 8. The van der Waals surface area contributed by atoms with Crippen molar-refractivity contribution < 1.29 is 33.4 Å². The average molecular weight is 524 g/mol. The Labute approximate surface area is 221 Å². The molecule has 3 N–H and O–H groups in total. The highest BCUT2D eigenvalue weighted by molar-refractivity contribution is 5.99. The van der Waals surface area contributed by atoms with Crippen LogP contribution in [0.5, 0.6) is 5.75 Å². The number of carbonyl (C=O) groups is 4. The van der Waals surface area contributed by atoms with Gasteiger partial charge in [-0.1, -0.05) is 12.1 Å². The van der Waals surface area contributed by atoms with Gasteiger partial charge in [0.15, 0.2) is 0 Å². The van der Waals surface area contributed by atoms with Crippen LogP contribution in [-0.4, -0.2) is 60.4 Å². The molecular weight excluding hydrogens is 490 g/mol. The molecule has 2 rings (SSSR count). The standard InChI is InChI=1S/C28H33N3O7/c1-5-36-24(32)15-16-31(19(4)27(34)37-6-2)26(33)18(3)17-20-7-9-22(10-8-20)28(35)38-23-13-11-21(12-14-23)25(29)30/h7-14,17,19H,5-6,15-16H2,1-4H3,(H3,29,30)/t19-/m1/s1. The molecule has 202 valence electrons. The Kier molecular flexibility index (Phi) is 11.2. The zero-order valence-electron chi connectivity index (χ0n) is 22.0. The number of nitrogens with two attached hydrogens (primary N) is 1. The van der Waals surface area contributed by atoms with Crippen molar-refractivity contribution in [2.75, 3.05) is 19.8 Å². The Balaban J connectivity index is 2.14. The minimum Gasteiger partial charge on any atom is -0.466 e. The molecule has 1 atom stereocenters. The van der Waals surface area contributed by atoms with Crippen molar-refractivity contribution >= 4 is 35.7 Å². The second kappa shape index (κ2) is 14.3. The van der Waals surface area contributed by atoms with E-state index in [-0.39, 0.29) is 32.0 Å². The van der Waals surface area contributed by atoms with E-state index >= 15 is 0 Å². The van der Waals surface area contributed by atoms with E-state index in [1.54, 1.807) is 82.3 Å². The molecule has 0 heterocycles. The number of amidine groups is 1. The summed E-state index contributed by atoms with van der Waals surface area (Å²) in [4.78, 5) is 51.1. The Bertz CT molecular complexity index is 1190. The van der Waals surface area contributed by atoms with Crippen molar-refractivity contribution in [2.45, 2.75) is 40.2 Å². The molecule has 38 heavy (non-hydrogen) atoms. The van der Waals surface area contributed by atoms with Crippen LogP contribution in [0.4, 0.5) is 0 Å². The van der Waals surface area contributed by atoms with Gasteiger partial charge in [-0.25, -0.2) is 9.59 Å². The first-order valence-electron chi connectivity index (χ1n) is 12.2. The maximum Gasteiger partial charge on any atom is 0.343 e. The summed E-state index contributed by atoms with van der Waals surface area (Å²) in [6.07, 6.45) is 1.55. The van der Waals surface area contributed by atoms with Crippen molar-refractivity contribution in [2.24, 2.45) is 5.73 Å². The number of hydrogen-bond donors (Lipinski definition) is 2. The molecule has 0 bridgehead atoms. The minimum absolute atomic E-state index is 0.0129. The highest BCUT2D eigenvalue weighted by Gasteiger charge is 2.28. The fourth-order valence-corrected chi connectivity index (χ4v) is 3.43. The normalized spacial score (nSPS) is 11.7. The van der Waals surface area contributed by atoms with Crippen LogP contribution in [0.15, 0.2) is 54.1 Å². The van der Waals surface area contributed by atoms with Gasteiger partial charge in [-0.2, -0.15) is 0 Å². The molecule has 0 saturated carbocycles. The van der Waals surface area contributed by atoms with E-state index in [1.807, 2.05) is 0 Å². The zero-order chi connectivity index (χ0) is 28.2. The van der Waals surface area contributed by atoms with Gasteiger partial charge in [0.25, 0.3) is 0 Å². The van der Waals surface area contributed by atoms with Crippen LogP contribution in [0.3, 0.4) is 0 Å². The summed E-state index contributed by atoms with van der Waals surface area (Å²) in [5.41, 5.74) is 7.21. The Hall–Kier alpha value is -4.47. The number of nitrogens with zero attached hydrogens (tertiary/aromatic N) is 1. The Morgan fingerprint density at radius 2 is 1.53 bits per heavy atom. The van der Waals surface area contributed by atoms with E-state index in [0.717, 1.165) is 0 Å². The van der Waals surface area contributed by atoms with Crippen LogP contribution in [0.1, 0.15) is 55.6 Å².